The van der Waals surface area contributed by atoms with Crippen molar-refractivity contribution in [2.24, 2.45) is 5.92 Å². The first-order valence-electron chi connectivity index (χ1n) is 7.28. The molecule has 0 aromatic carbocycles. The summed E-state index contributed by atoms with van der Waals surface area (Å²) in [5, 5.41) is 9.29. The summed E-state index contributed by atoms with van der Waals surface area (Å²) in [4.78, 5) is 27.3. The number of likely N-dealkylation sites (tertiary alicyclic amines) is 2. The number of carboxylic acids is 1. The topological polar surface area (TPSA) is 70.1 Å². The second-order valence-electron chi connectivity index (χ2n) is 5.94. The van der Waals surface area contributed by atoms with Gasteiger partial charge in [0.05, 0.1) is 6.10 Å². The van der Waals surface area contributed by atoms with Crippen LogP contribution in [0.4, 0.5) is 4.79 Å². The van der Waals surface area contributed by atoms with E-state index < -0.39 is 12.0 Å². The molecule has 2 heterocycles. The summed E-state index contributed by atoms with van der Waals surface area (Å²) in [7, 11) is 1.56. The molecule has 6 heteroatoms. The minimum absolute atomic E-state index is 0.156. The van der Waals surface area contributed by atoms with Crippen molar-refractivity contribution in [1.29, 1.82) is 0 Å². The summed E-state index contributed by atoms with van der Waals surface area (Å²) in [5.41, 5.74) is 0. The van der Waals surface area contributed by atoms with Crippen LogP contribution in [0.25, 0.3) is 0 Å². The van der Waals surface area contributed by atoms with Gasteiger partial charge in [0.2, 0.25) is 0 Å². The first-order chi connectivity index (χ1) is 9.45. The molecule has 0 aromatic heterocycles. The molecule has 0 aromatic rings. The molecular weight excluding hydrogens is 260 g/mol. The van der Waals surface area contributed by atoms with Crippen molar-refractivity contribution in [3.63, 3.8) is 0 Å². The Morgan fingerprint density at radius 3 is 2.55 bits per heavy atom. The number of aliphatic carboxylic acids is 1. The molecule has 4 atom stereocenters. The summed E-state index contributed by atoms with van der Waals surface area (Å²) in [6.45, 7) is 5.26. The molecule has 6 nitrogen and oxygen atoms in total. The fourth-order valence-electron chi connectivity index (χ4n) is 3.18. The molecule has 0 saturated carbocycles. The monoisotopic (exact) mass is 284 g/mol. The lowest BCUT2D eigenvalue weighted by Gasteiger charge is -2.40. The van der Waals surface area contributed by atoms with E-state index in [0.717, 1.165) is 12.8 Å². The predicted octanol–water partition coefficient (Wildman–Crippen LogP) is 1.40. The summed E-state index contributed by atoms with van der Waals surface area (Å²) < 4.78 is 5.23. The Bertz CT molecular complexity index is 387. The van der Waals surface area contributed by atoms with Crippen molar-refractivity contribution in [2.45, 2.75) is 51.3 Å². The van der Waals surface area contributed by atoms with E-state index in [1.807, 2.05) is 11.8 Å². The molecule has 2 saturated heterocycles. The quantitative estimate of drug-likeness (QED) is 0.832. The first kappa shape index (κ1) is 15.1. The summed E-state index contributed by atoms with van der Waals surface area (Å²) in [6.07, 6.45) is 2.29. The Balaban J connectivity index is 2.12. The Morgan fingerprint density at radius 2 is 1.95 bits per heavy atom. The number of nitrogens with zero attached hydrogens (tertiary/aromatic N) is 2. The highest BCUT2D eigenvalue weighted by Crippen LogP contribution is 2.27. The zero-order chi connectivity index (χ0) is 14.9. The highest BCUT2D eigenvalue weighted by molar-refractivity contribution is 5.83. The van der Waals surface area contributed by atoms with Gasteiger partial charge in [-0.25, -0.2) is 9.59 Å². The minimum atomic E-state index is -0.949. The van der Waals surface area contributed by atoms with E-state index in [-0.39, 0.29) is 18.2 Å². The van der Waals surface area contributed by atoms with Gasteiger partial charge in [0, 0.05) is 32.7 Å². The van der Waals surface area contributed by atoms with Crippen LogP contribution in [0, 0.1) is 5.92 Å². The molecule has 2 rings (SSSR count). The Kier molecular flexibility index (Phi) is 4.52. The second kappa shape index (κ2) is 5.99. The third-order valence-electron chi connectivity index (χ3n) is 4.75. The lowest BCUT2D eigenvalue weighted by Crippen LogP contribution is -2.54. The zero-order valence-corrected chi connectivity index (χ0v) is 12.4. The van der Waals surface area contributed by atoms with Gasteiger partial charge in [0.1, 0.15) is 6.04 Å². The maximum atomic E-state index is 12.7. The first-order valence-corrected chi connectivity index (χ1v) is 7.28. The maximum Gasteiger partial charge on any atom is 0.326 e. The van der Waals surface area contributed by atoms with Crippen molar-refractivity contribution in [3.8, 4) is 0 Å². The summed E-state index contributed by atoms with van der Waals surface area (Å²) in [5.74, 6) is -0.493. The number of rotatable bonds is 2. The van der Waals surface area contributed by atoms with Gasteiger partial charge in [0.15, 0.2) is 0 Å². The fourth-order valence-corrected chi connectivity index (χ4v) is 3.18. The number of hydrogen-bond donors (Lipinski definition) is 1. The second-order valence-corrected chi connectivity index (χ2v) is 5.94. The van der Waals surface area contributed by atoms with Crippen LogP contribution in [0.5, 0.6) is 0 Å². The lowest BCUT2D eigenvalue weighted by molar-refractivity contribution is -0.141. The highest BCUT2D eigenvalue weighted by Gasteiger charge is 2.43. The molecule has 4 unspecified atom stereocenters. The largest absolute Gasteiger partial charge is 0.480 e. The van der Waals surface area contributed by atoms with E-state index in [9.17, 15) is 14.7 Å². The molecule has 0 aliphatic carbocycles. The van der Waals surface area contributed by atoms with Crippen LogP contribution in [-0.4, -0.2) is 65.3 Å². The molecule has 0 spiro atoms. The number of carbonyl (C=O) groups excluding carboxylic acids is 1. The Labute approximate surface area is 119 Å². The normalized spacial score (nSPS) is 34.4. The number of methoxy groups -OCH3 is 1. The minimum Gasteiger partial charge on any atom is -0.480 e. The number of carboxylic acid groups (broad SMARTS) is 1. The third-order valence-corrected chi connectivity index (χ3v) is 4.75. The van der Waals surface area contributed by atoms with Gasteiger partial charge in [-0.3, -0.25) is 0 Å². The van der Waals surface area contributed by atoms with Crippen LogP contribution in [-0.2, 0) is 9.53 Å². The number of carbonyl (C=O) groups is 2. The van der Waals surface area contributed by atoms with Crippen LogP contribution in [0.2, 0.25) is 0 Å². The van der Waals surface area contributed by atoms with Gasteiger partial charge < -0.3 is 19.6 Å². The van der Waals surface area contributed by atoms with E-state index in [2.05, 4.69) is 6.92 Å². The molecule has 1 N–H and O–H groups in total. The molecule has 2 fully saturated rings. The van der Waals surface area contributed by atoms with Crippen LogP contribution in [0.15, 0.2) is 0 Å². The fraction of sp³-hybridized carbons (Fsp3) is 0.857. The average molecular weight is 284 g/mol. The molecule has 2 aliphatic heterocycles. The van der Waals surface area contributed by atoms with Crippen LogP contribution >= 0.6 is 0 Å². The Hall–Kier alpha value is -1.30. The number of ether oxygens (including phenoxy) is 1. The van der Waals surface area contributed by atoms with Crippen molar-refractivity contribution in [2.75, 3.05) is 20.2 Å². The molecule has 2 aliphatic rings. The summed E-state index contributed by atoms with van der Waals surface area (Å²) in [6, 6.07) is -0.764. The molecule has 20 heavy (non-hydrogen) atoms. The van der Waals surface area contributed by atoms with Gasteiger partial charge >= 0.3 is 12.0 Å². The average Bonchev–Trinajstić information content (AvgIpc) is 2.85. The number of urea groups is 1. The molecule has 0 bridgehead atoms. The summed E-state index contributed by atoms with van der Waals surface area (Å²) >= 11 is 0. The smallest absolute Gasteiger partial charge is 0.326 e. The van der Waals surface area contributed by atoms with Crippen LogP contribution in [0.1, 0.15) is 33.1 Å². The highest BCUT2D eigenvalue weighted by atomic mass is 16.5. The predicted molar refractivity (Wildman–Crippen MR) is 73.5 cm³/mol. The van der Waals surface area contributed by atoms with Gasteiger partial charge in [-0.15, -0.1) is 0 Å². The van der Waals surface area contributed by atoms with Crippen molar-refractivity contribution in [1.82, 2.24) is 9.80 Å². The third kappa shape index (κ3) is 2.75. The van der Waals surface area contributed by atoms with E-state index in [1.165, 1.54) is 4.90 Å². The zero-order valence-electron chi connectivity index (χ0n) is 12.4. The van der Waals surface area contributed by atoms with Crippen molar-refractivity contribution < 1.29 is 19.4 Å². The van der Waals surface area contributed by atoms with Gasteiger partial charge in [-0.05, 0) is 25.7 Å². The molecular formula is C14H24N2O4. The van der Waals surface area contributed by atoms with Crippen LogP contribution < -0.4 is 0 Å². The van der Waals surface area contributed by atoms with Gasteiger partial charge in [-0.1, -0.05) is 6.92 Å². The maximum absolute atomic E-state index is 12.7. The Morgan fingerprint density at radius 1 is 1.25 bits per heavy atom. The van der Waals surface area contributed by atoms with E-state index in [0.29, 0.717) is 25.4 Å². The molecule has 2 amide bonds. The molecule has 0 radical (unpaired) electrons. The number of hydrogen-bond acceptors (Lipinski definition) is 3. The molecule has 114 valence electrons. The van der Waals surface area contributed by atoms with E-state index >= 15 is 0 Å². The number of amides is 2. The van der Waals surface area contributed by atoms with Gasteiger partial charge in [0.25, 0.3) is 0 Å². The SMILES string of the molecule is COC1CC(C(=O)O)N(C(=O)N2CCCC(C)C2C)C1. The van der Waals surface area contributed by atoms with E-state index in [1.54, 1.807) is 7.11 Å². The van der Waals surface area contributed by atoms with Crippen LogP contribution in [0.3, 0.4) is 0 Å². The van der Waals surface area contributed by atoms with E-state index in [4.69, 9.17) is 4.74 Å². The standard InChI is InChI=1S/C14H24N2O4/c1-9-5-4-6-15(10(9)2)14(19)16-8-11(20-3)7-12(16)13(17)18/h9-12H,4-8H2,1-3H3,(H,17,18). The van der Waals surface area contributed by atoms with Crippen molar-refractivity contribution in [3.05, 3.63) is 0 Å². The van der Waals surface area contributed by atoms with Crippen molar-refractivity contribution >= 4 is 12.0 Å². The van der Waals surface area contributed by atoms with Gasteiger partial charge in [-0.2, -0.15) is 0 Å². The number of piperidine rings is 1. The lowest BCUT2D eigenvalue weighted by atomic mass is 9.92.